The van der Waals surface area contributed by atoms with Crippen LogP contribution in [0, 0.1) is 27.7 Å². The van der Waals surface area contributed by atoms with Crippen LogP contribution in [-0.4, -0.2) is 4.98 Å². The normalized spacial score (nSPS) is 10.6. The number of hydrogen-bond donors (Lipinski definition) is 1. The smallest absolute Gasteiger partial charge is 0.213 e. The number of aryl methyl sites for hydroxylation is 4. The fourth-order valence-corrected chi connectivity index (χ4v) is 1.87. The van der Waals surface area contributed by atoms with Gasteiger partial charge in [0.25, 0.3) is 0 Å². The second kappa shape index (κ2) is 4.62. The number of aromatic nitrogens is 1. The highest BCUT2D eigenvalue weighted by atomic mass is 16.4. The molecule has 3 nitrogen and oxygen atoms in total. The largest absolute Gasteiger partial charge is 0.444 e. The summed E-state index contributed by atoms with van der Waals surface area (Å²) in [6.07, 6.45) is 0. The average Bonchev–Trinajstić information content (AvgIpc) is 2.54. The molecule has 0 atom stereocenters. The Bertz CT molecular complexity index is 489. The quantitative estimate of drug-likeness (QED) is 0.876. The van der Waals surface area contributed by atoms with Gasteiger partial charge < -0.3 is 9.73 Å². The third-order valence-electron chi connectivity index (χ3n) is 2.74. The van der Waals surface area contributed by atoms with Crippen molar-refractivity contribution < 1.29 is 4.42 Å². The van der Waals surface area contributed by atoms with Crippen LogP contribution < -0.4 is 5.32 Å². The molecule has 0 saturated carbocycles. The van der Waals surface area contributed by atoms with E-state index in [1.165, 1.54) is 11.1 Å². The fraction of sp³-hybridized carbons (Fsp3) is 0.357. The molecule has 0 fully saturated rings. The van der Waals surface area contributed by atoms with Crippen molar-refractivity contribution in [2.24, 2.45) is 0 Å². The molecule has 1 N–H and O–H groups in total. The van der Waals surface area contributed by atoms with Crippen molar-refractivity contribution in [1.29, 1.82) is 0 Å². The van der Waals surface area contributed by atoms with Gasteiger partial charge in [0.15, 0.2) is 0 Å². The third kappa shape index (κ3) is 2.87. The lowest BCUT2D eigenvalue weighted by molar-refractivity contribution is 0.478. The fourth-order valence-electron chi connectivity index (χ4n) is 1.87. The van der Waals surface area contributed by atoms with Crippen molar-refractivity contribution >= 4 is 5.69 Å². The molecule has 0 radical (unpaired) electrons. The molecule has 2 rings (SSSR count). The van der Waals surface area contributed by atoms with E-state index in [0.29, 0.717) is 6.54 Å². The third-order valence-corrected chi connectivity index (χ3v) is 2.74. The summed E-state index contributed by atoms with van der Waals surface area (Å²) in [4.78, 5) is 4.34. The van der Waals surface area contributed by atoms with Crippen molar-refractivity contribution in [3.8, 4) is 0 Å². The predicted octanol–water partition coefficient (Wildman–Crippen LogP) is 3.52. The maximum Gasteiger partial charge on any atom is 0.213 e. The van der Waals surface area contributed by atoms with Crippen LogP contribution in [0.15, 0.2) is 22.6 Å². The highest BCUT2D eigenvalue weighted by Gasteiger charge is 2.05. The molecule has 0 aliphatic carbocycles. The number of rotatable bonds is 3. The van der Waals surface area contributed by atoms with Gasteiger partial charge in [-0.3, -0.25) is 0 Å². The van der Waals surface area contributed by atoms with Crippen molar-refractivity contribution in [2.45, 2.75) is 34.2 Å². The number of anilines is 1. The molecule has 0 bridgehead atoms. The summed E-state index contributed by atoms with van der Waals surface area (Å²) in [5, 5.41) is 3.33. The van der Waals surface area contributed by atoms with Crippen LogP contribution in [-0.2, 0) is 6.54 Å². The zero-order valence-electron chi connectivity index (χ0n) is 10.8. The van der Waals surface area contributed by atoms with E-state index in [-0.39, 0.29) is 0 Å². The number of nitrogens with zero attached hydrogens (tertiary/aromatic N) is 1. The maximum atomic E-state index is 5.52. The van der Waals surface area contributed by atoms with Crippen LogP contribution in [0.25, 0.3) is 0 Å². The number of oxazole rings is 1. The summed E-state index contributed by atoms with van der Waals surface area (Å²) in [5.74, 6) is 1.63. The molecule has 1 heterocycles. The molecule has 2 aromatic rings. The first-order chi connectivity index (χ1) is 8.04. The molecule has 90 valence electrons. The minimum Gasteiger partial charge on any atom is -0.444 e. The van der Waals surface area contributed by atoms with Crippen molar-refractivity contribution in [3.05, 3.63) is 46.7 Å². The van der Waals surface area contributed by atoms with E-state index < -0.39 is 0 Å². The van der Waals surface area contributed by atoms with Crippen molar-refractivity contribution in [3.63, 3.8) is 0 Å². The van der Waals surface area contributed by atoms with E-state index in [4.69, 9.17) is 4.42 Å². The van der Waals surface area contributed by atoms with Gasteiger partial charge in [0.1, 0.15) is 5.76 Å². The van der Waals surface area contributed by atoms with E-state index in [0.717, 1.165) is 23.0 Å². The summed E-state index contributed by atoms with van der Waals surface area (Å²) in [7, 11) is 0. The standard InChI is InChI=1S/C14H18N2O/c1-9-5-10(2)7-13(6-9)15-8-14-16-11(3)12(4)17-14/h5-7,15H,8H2,1-4H3. The average molecular weight is 230 g/mol. The van der Waals surface area contributed by atoms with Gasteiger partial charge in [0.2, 0.25) is 5.89 Å². The Balaban J connectivity index is 2.07. The summed E-state index contributed by atoms with van der Waals surface area (Å²) in [6, 6.07) is 6.40. The highest BCUT2D eigenvalue weighted by Crippen LogP contribution is 2.15. The van der Waals surface area contributed by atoms with Crippen molar-refractivity contribution in [2.75, 3.05) is 5.32 Å². The molecule has 0 spiro atoms. The van der Waals surface area contributed by atoms with Crippen LogP contribution >= 0.6 is 0 Å². The Morgan fingerprint density at radius 1 is 1.06 bits per heavy atom. The van der Waals surface area contributed by atoms with E-state index in [1.807, 2.05) is 13.8 Å². The Kier molecular flexibility index (Phi) is 3.18. The van der Waals surface area contributed by atoms with Gasteiger partial charge in [-0.1, -0.05) is 6.07 Å². The molecule has 3 heteroatoms. The maximum absolute atomic E-state index is 5.52. The molecule has 0 aliphatic rings. The molecular formula is C14H18N2O. The molecule has 1 aromatic heterocycles. The zero-order chi connectivity index (χ0) is 12.4. The lowest BCUT2D eigenvalue weighted by Crippen LogP contribution is -2.00. The van der Waals surface area contributed by atoms with Gasteiger partial charge in [-0.25, -0.2) is 4.98 Å². The highest BCUT2D eigenvalue weighted by molar-refractivity contribution is 5.48. The SMILES string of the molecule is Cc1cc(C)cc(NCc2nc(C)c(C)o2)c1. The number of hydrogen-bond acceptors (Lipinski definition) is 3. The summed E-state index contributed by atoms with van der Waals surface area (Å²) < 4.78 is 5.52. The molecule has 0 aliphatic heterocycles. The van der Waals surface area contributed by atoms with Crippen LogP contribution in [0.3, 0.4) is 0 Å². The van der Waals surface area contributed by atoms with E-state index in [2.05, 4.69) is 42.3 Å². The summed E-state index contributed by atoms with van der Waals surface area (Å²) in [5.41, 5.74) is 4.58. The Morgan fingerprint density at radius 3 is 2.24 bits per heavy atom. The zero-order valence-corrected chi connectivity index (χ0v) is 10.8. The van der Waals surface area contributed by atoms with Gasteiger partial charge >= 0.3 is 0 Å². The van der Waals surface area contributed by atoms with Gasteiger partial charge in [-0.2, -0.15) is 0 Å². The second-order valence-corrected chi connectivity index (χ2v) is 4.48. The topological polar surface area (TPSA) is 38.1 Å². The Hall–Kier alpha value is -1.77. The predicted molar refractivity (Wildman–Crippen MR) is 69.2 cm³/mol. The Labute approximate surface area is 102 Å². The van der Waals surface area contributed by atoms with Gasteiger partial charge in [-0.05, 0) is 51.0 Å². The monoisotopic (exact) mass is 230 g/mol. The van der Waals surface area contributed by atoms with Gasteiger partial charge in [0, 0.05) is 5.69 Å². The molecule has 17 heavy (non-hydrogen) atoms. The summed E-state index contributed by atoms with van der Waals surface area (Å²) in [6.45, 7) is 8.70. The first-order valence-corrected chi connectivity index (χ1v) is 5.79. The van der Waals surface area contributed by atoms with Crippen LogP contribution in [0.1, 0.15) is 28.5 Å². The number of nitrogens with one attached hydrogen (secondary N) is 1. The van der Waals surface area contributed by atoms with E-state index in [1.54, 1.807) is 0 Å². The van der Waals surface area contributed by atoms with Crippen LogP contribution in [0.2, 0.25) is 0 Å². The molecule has 0 saturated heterocycles. The Morgan fingerprint density at radius 2 is 1.71 bits per heavy atom. The lowest BCUT2D eigenvalue weighted by Gasteiger charge is -2.06. The first-order valence-electron chi connectivity index (χ1n) is 5.79. The lowest BCUT2D eigenvalue weighted by atomic mass is 10.1. The van der Waals surface area contributed by atoms with Gasteiger partial charge in [0.05, 0.1) is 12.2 Å². The minimum absolute atomic E-state index is 0.623. The second-order valence-electron chi connectivity index (χ2n) is 4.48. The first kappa shape index (κ1) is 11.7. The summed E-state index contributed by atoms with van der Waals surface area (Å²) >= 11 is 0. The van der Waals surface area contributed by atoms with Crippen LogP contribution in [0.5, 0.6) is 0 Å². The molecule has 0 unspecified atom stereocenters. The van der Waals surface area contributed by atoms with Crippen molar-refractivity contribution in [1.82, 2.24) is 4.98 Å². The minimum atomic E-state index is 0.623. The van der Waals surface area contributed by atoms with E-state index in [9.17, 15) is 0 Å². The van der Waals surface area contributed by atoms with Crippen LogP contribution in [0.4, 0.5) is 5.69 Å². The molecular weight excluding hydrogens is 212 g/mol. The molecule has 0 amide bonds. The molecule has 1 aromatic carbocycles. The van der Waals surface area contributed by atoms with Gasteiger partial charge in [-0.15, -0.1) is 0 Å². The number of benzene rings is 1. The van der Waals surface area contributed by atoms with E-state index >= 15 is 0 Å².